The SMILES string of the molecule is Cc1ccc(F)cc1C(=O)C(C)CC(=O)O. The fourth-order valence-electron chi connectivity index (χ4n) is 1.48. The van der Waals surface area contributed by atoms with E-state index in [0.29, 0.717) is 5.56 Å². The van der Waals surface area contributed by atoms with Crippen LogP contribution in [0, 0.1) is 18.7 Å². The number of aryl methyl sites for hydroxylation is 1. The number of hydrogen-bond acceptors (Lipinski definition) is 2. The van der Waals surface area contributed by atoms with E-state index in [1.807, 2.05) is 0 Å². The highest BCUT2D eigenvalue weighted by atomic mass is 19.1. The van der Waals surface area contributed by atoms with Crippen LogP contribution in [0.3, 0.4) is 0 Å². The van der Waals surface area contributed by atoms with E-state index in [4.69, 9.17) is 5.11 Å². The number of carboxylic acids is 1. The Labute approximate surface area is 92.9 Å². The Kier molecular flexibility index (Phi) is 3.77. The van der Waals surface area contributed by atoms with E-state index in [1.54, 1.807) is 6.92 Å². The number of halogens is 1. The zero-order valence-electron chi connectivity index (χ0n) is 9.16. The van der Waals surface area contributed by atoms with E-state index in [-0.39, 0.29) is 17.8 Å². The molecule has 1 N–H and O–H groups in total. The Morgan fingerprint density at radius 2 is 2.06 bits per heavy atom. The minimum atomic E-state index is -1.03. The predicted molar refractivity (Wildman–Crippen MR) is 56.9 cm³/mol. The molecule has 0 fully saturated rings. The molecule has 0 saturated carbocycles. The van der Waals surface area contributed by atoms with Crippen LogP contribution in [0.2, 0.25) is 0 Å². The van der Waals surface area contributed by atoms with Crippen LogP contribution < -0.4 is 0 Å². The van der Waals surface area contributed by atoms with Gasteiger partial charge in [0.2, 0.25) is 0 Å². The maximum absolute atomic E-state index is 13.0. The van der Waals surface area contributed by atoms with Gasteiger partial charge < -0.3 is 5.11 Å². The van der Waals surface area contributed by atoms with Crippen LogP contribution in [0.5, 0.6) is 0 Å². The highest BCUT2D eigenvalue weighted by Crippen LogP contribution is 2.17. The van der Waals surface area contributed by atoms with Crippen molar-refractivity contribution in [3.05, 3.63) is 35.1 Å². The zero-order chi connectivity index (χ0) is 12.3. The molecule has 0 amide bonds. The predicted octanol–water partition coefficient (Wildman–Crippen LogP) is 2.43. The summed E-state index contributed by atoms with van der Waals surface area (Å²) in [6, 6.07) is 3.93. The third-order valence-corrected chi connectivity index (χ3v) is 2.39. The highest BCUT2D eigenvalue weighted by molar-refractivity contribution is 6.00. The molecule has 1 aromatic carbocycles. The molecule has 0 aliphatic carbocycles. The molecule has 3 nitrogen and oxygen atoms in total. The van der Waals surface area contributed by atoms with Crippen LogP contribution >= 0.6 is 0 Å². The van der Waals surface area contributed by atoms with Crippen LogP contribution in [0.4, 0.5) is 4.39 Å². The van der Waals surface area contributed by atoms with Crippen LogP contribution in [-0.2, 0) is 4.79 Å². The summed E-state index contributed by atoms with van der Waals surface area (Å²) in [6.45, 7) is 3.22. The van der Waals surface area contributed by atoms with Crippen LogP contribution in [-0.4, -0.2) is 16.9 Å². The Hall–Kier alpha value is -1.71. The van der Waals surface area contributed by atoms with Crippen LogP contribution in [0.15, 0.2) is 18.2 Å². The van der Waals surface area contributed by atoms with Gasteiger partial charge in [-0.05, 0) is 24.6 Å². The van der Waals surface area contributed by atoms with E-state index in [0.717, 1.165) is 6.07 Å². The number of benzene rings is 1. The summed E-state index contributed by atoms with van der Waals surface area (Å²) < 4.78 is 13.0. The van der Waals surface area contributed by atoms with Crippen molar-refractivity contribution in [1.82, 2.24) is 0 Å². The second-order valence-electron chi connectivity index (χ2n) is 3.82. The number of rotatable bonds is 4. The molecule has 4 heteroatoms. The zero-order valence-corrected chi connectivity index (χ0v) is 9.16. The molecule has 1 atom stereocenters. The summed E-state index contributed by atoms with van der Waals surface area (Å²) in [4.78, 5) is 22.3. The Morgan fingerprint density at radius 3 is 2.62 bits per heavy atom. The quantitative estimate of drug-likeness (QED) is 0.799. The van der Waals surface area contributed by atoms with Gasteiger partial charge in [0.25, 0.3) is 0 Å². The molecule has 0 aromatic heterocycles. The molecule has 1 rings (SSSR count). The normalized spacial score (nSPS) is 12.2. The molecular weight excluding hydrogens is 211 g/mol. The molecule has 0 radical (unpaired) electrons. The molecule has 0 spiro atoms. The first-order valence-corrected chi connectivity index (χ1v) is 4.94. The molecule has 0 bridgehead atoms. The third kappa shape index (κ3) is 2.89. The molecule has 86 valence electrons. The molecule has 0 saturated heterocycles. The lowest BCUT2D eigenvalue weighted by Gasteiger charge is -2.10. The first-order valence-electron chi connectivity index (χ1n) is 4.94. The number of ketones is 1. The van der Waals surface area contributed by atoms with Crippen molar-refractivity contribution in [3.63, 3.8) is 0 Å². The number of carboxylic acid groups (broad SMARTS) is 1. The first kappa shape index (κ1) is 12.4. The van der Waals surface area contributed by atoms with Crippen molar-refractivity contribution >= 4 is 11.8 Å². The number of hydrogen-bond donors (Lipinski definition) is 1. The number of carbonyl (C=O) groups excluding carboxylic acids is 1. The lowest BCUT2D eigenvalue weighted by molar-refractivity contribution is -0.137. The van der Waals surface area contributed by atoms with Gasteiger partial charge in [0.1, 0.15) is 5.82 Å². The standard InChI is InChI=1S/C12H13FO3/c1-7-3-4-9(13)6-10(7)12(16)8(2)5-11(14)15/h3-4,6,8H,5H2,1-2H3,(H,14,15). The monoisotopic (exact) mass is 224 g/mol. The average molecular weight is 224 g/mol. The summed E-state index contributed by atoms with van der Waals surface area (Å²) in [6.07, 6.45) is -0.241. The van der Waals surface area contributed by atoms with Gasteiger partial charge in [-0.2, -0.15) is 0 Å². The molecule has 0 aliphatic heterocycles. The van der Waals surface area contributed by atoms with Gasteiger partial charge in [-0.1, -0.05) is 13.0 Å². The molecule has 0 aliphatic rings. The average Bonchev–Trinajstić information content (AvgIpc) is 2.19. The van der Waals surface area contributed by atoms with Gasteiger partial charge in [0, 0.05) is 11.5 Å². The molecule has 1 unspecified atom stereocenters. The molecular formula is C12H13FO3. The van der Waals surface area contributed by atoms with Crippen molar-refractivity contribution in [1.29, 1.82) is 0 Å². The largest absolute Gasteiger partial charge is 0.481 e. The van der Waals surface area contributed by atoms with Crippen molar-refractivity contribution in [2.45, 2.75) is 20.3 Å². The summed E-state index contributed by atoms with van der Waals surface area (Å²) >= 11 is 0. The number of carbonyl (C=O) groups is 2. The van der Waals surface area contributed by atoms with E-state index in [2.05, 4.69) is 0 Å². The number of Topliss-reactive ketones (excluding diaryl/α,β-unsaturated/α-hetero) is 1. The van der Waals surface area contributed by atoms with Gasteiger partial charge in [-0.15, -0.1) is 0 Å². The van der Waals surface area contributed by atoms with E-state index >= 15 is 0 Å². The van der Waals surface area contributed by atoms with Gasteiger partial charge in [0.05, 0.1) is 6.42 Å². The second-order valence-corrected chi connectivity index (χ2v) is 3.82. The van der Waals surface area contributed by atoms with E-state index < -0.39 is 17.7 Å². The lowest BCUT2D eigenvalue weighted by Crippen LogP contribution is -2.16. The van der Waals surface area contributed by atoms with Crippen molar-refractivity contribution in [3.8, 4) is 0 Å². The molecule has 16 heavy (non-hydrogen) atoms. The van der Waals surface area contributed by atoms with Gasteiger partial charge in [0.15, 0.2) is 5.78 Å². The minimum absolute atomic E-state index is 0.241. The van der Waals surface area contributed by atoms with Crippen LogP contribution in [0.25, 0.3) is 0 Å². The van der Waals surface area contributed by atoms with Crippen molar-refractivity contribution in [2.24, 2.45) is 5.92 Å². The van der Waals surface area contributed by atoms with E-state index in [9.17, 15) is 14.0 Å². The topological polar surface area (TPSA) is 54.4 Å². The molecule has 1 aromatic rings. The number of aliphatic carboxylic acids is 1. The second kappa shape index (κ2) is 4.88. The lowest BCUT2D eigenvalue weighted by atomic mass is 9.93. The summed E-state index contributed by atoms with van der Waals surface area (Å²) in [5.74, 6) is -2.50. The first-order chi connectivity index (χ1) is 7.41. The smallest absolute Gasteiger partial charge is 0.304 e. The Morgan fingerprint density at radius 1 is 1.44 bits per heavy atom. The van der Waals surface area contributed by atoms with Crippen LogP contribution in [0.1, 0.15) is 29.3 Å². The van der Waals surface area contributed by atoms with Gasteiger partial charge in [-0.3, -0.25) is 9.59 Å². The maximum atomic E-state index is 13.0. The van der Waals surface area contributed by atoms with Gasteiger partial charge >= 0.3 is 5.97 Å². The third-order valence-electron chi connectivity index (χ3n) is 2.39. The Balaban J connectivity index is 2.95. The van der Waals surface area contributed by atoms with Crippen molar-refractivity contribution < 1.29 is 19.1 Å². The summed E-state index contributed by atoms with van der Waals surface area (Å²) in [7, 11) is 0. The van der Waals surface area contributed by atoms with Gasteiger partial charge in [-0.25, -0.2) is 4.39 Å². The fourth-order valence-corrected chi connectivity index (χ4v) is 1.48. The summed E-state index contributed by atoms with van der Waals surface area (Å²) in [5, 5.41) is 8.58. The summed E-state index contributed by atoms with van der Waals surface area (Å²) in [5.41, 5.74) is 0.914. The minimum Gasteiger partial charge on any atom is -0.481 e. The Bertz CT molecular complexity index is 426. The maximum Gasteiger partial charge on any atom is 0.304 e. The highest BCUT2D eigenvalue weighted by Gasteiger charge is 2.20. The molecule has 0 heterocycles. The van der Waals surface area contributed by atoms with Crippen molar-refractivity contribution in [2.75, 3.05) is 0 Å². The van der Waals surface area contributed by atoms with E-state index in [1.165, 1.54) is 19.1 Å². The fraction of sp³-hybridized carbons (Fsp3) is 0.333.